The maximum atomic E-state index is 12.4. The van der Waals surface area contributed by atoms with E-state index in [4.69, 9.17) is 5.11 Å². The van der Waals surface area contributed by atoms with Gasteiger partial charge in [-0.3, -0.25) is 0 Å². The van der Waals surface area contributed by atoms with Crippen molar-refractivity contribution in [2.75, 3.05) is 11.9 Å². The Morgan fingerprint density at radius 3 is 2.76 bits per heavy atom. The van der Waals surface area contributed by atoms with Crippen LogP contribution in [0.1, 0.15) is 42.6 Å². The SMILES string of the molecule is O=C(O)c1ccc(NC(=O)N2CCCC3CCCC32)cn1. The van der Waals surface area contributed by atoms with Crippen molar-refractivity contribution in [3.05, 3.63) is 24.0 Å². The topological polar surface area (TPSA) is 82.5 Å². The molecule has 0 bridgehead atoms. The van der Waals surface area contributed by atoms with Crippen LogP contribution in [-0.4, -0.2) is 39.6 Å². The van der Waals surface area contributed by atoms with Crippen molar-refractivity contribution in [2.45, 2.75) is 38.1 Å². The zero-order chi connectivity index (χ0) is 14.8. The number of nitrogens with zero attached hydrogens (tertiary/aromatic N) is 2. The highest BCUT2D eigenvalue weighted by atomic mass is 16.4. The molecule has 2 aliphatic rings. The number of likely N-dealkylation sites (tertiary alicyclic amines) is 1. The van der Waals surface area contributed by atoms with E-state index in [1.807, 2.05) is 4.90 Å². The predicted molar refractivity (Wildman–Crippen MR) is 77.3 cm³/mol. The Labute approximate surface area is 123 Å². The molecule has 2 heterocycles. The Hall–Kier alpha value is -2.11. The number of aromatic nitrogens is 1. The Balaban J connectivity index is 1.66. The fourth-order valence-electron chi connectivity index (χ4n) is 3.50. The molecule has 2 amide bonds. The van der Waals surface area contributed by atoms with Crippen LogP contribution >= 0.6 is 0 Å². The van der Waals surface area contributed by atoms with Crippen molar-refractivity contribution in [1.29, 1.82) is 0 Å². The molecular weight excluding hydrogens is 270 g/mol. The summed E-state index contributed by atoms with van der Waals surface area (Å²) in [4.78, 5) is 28.9. The average Bonchev–Trinajstić information content (AvgIpc) is 2.96. The first-order chi connectivity index (χ1) is 10.1. The quantitative estimate of drug-likeness (QED) is 0.876. The molecule has 1 aliphatic carbocycles. The van der Waals surface area contributed by atoms with E-state index in [0.29, 0.717) is 17.6 Å². The summed E-state index contributed by atoms with van der Waals surface area (Å²) in [5.74, 6) is -0.422. The van der Waals surface area contributed by atoms with Crippen molar-refractivity contribution >= 4 is 17.7 Å². The van der Waals surface area contributed by atoms with Crippen molar-refractivity contribution < 1.29 is 14.7 Å². The molecule has 1 saturated heterocycles. The van der Waals surface area contributed by atoms with E-state index in [9.17, 15) is 9.59 Å². The Morgan fingerprint density at radius 2 is 2.05 bits per heavy atom. The number of anilines is 1. The third-order valence-electron chi connectivity index (χ3n) is 4.49. The third kappa shape index (κ3) is 2.84. The van der Waals surface area contributed by atoms with E-state index < -0.39 is 5.97 Å². The molecule has 2 fully saturated rings. The smallest absolute Gasteiger partial charge is 0.354 e. The number of carboxylic acids is 1. The van der Waals surface area contributed by atoms with Crippen LogP contribution in [0.3, 0.4) is 0 Å². The number of aromatic carboxylic acids is 1. The summed E-state index contributed by atoms with van der Waals surface area (Å²) in [6, 6.07) is 3.23. The minimum absolute atomic E-state index is 0.0261. The summed E-state index contributed by atoms with van der Waals surface area (Å²) in [6.45, 7) is 0.799. The molecule has 112 valence electrons. The molecule has 6 heteroatoms. The molecule has 6 nitrogen and oxygen atoms in total. The molecule has 2 atom stereocenters. The number of hydrogen-bond acceptors (Lipinski definition) is 3. The Bertz CT molecular complexity index is 544. The molecule has 1 saturated carbocycles. The minimum atomic E-state index is -1.07. The number of fused-ring (bicyclic) bond motifs is 1. The van der Waals surface area contributed by atoms with Crippen molar-refractivity contribution in [1.82, 2.24) is 9.88 Å². The standard InChI is InChI=1S/C15H19N3O3/c19-14(20)12-7-6-11(9-16-12)17-15(21)18-8-2-4-10-3-1-5-13(10)18/h6-7,9-10,13H,1-5,8H2,(H,17,21)(H,19,20). The summed E-state index contributed by atoms with van der Waals surface area (Å²) in [7, 11) is 0. The summed E-state index contributed by atoms with van der Waals surface area (Å²) >= 11 is 0. The van der Waals surface area contributed by atoms with Crippen molar-refractivity contribution in [2.24, 2.45) is 5.92 Å². The maximum absolute atomic E-state index is 12.4. The first kappa shape index (κ1) is 13.9. The molecular formula is C15H19N3O3. The van der Waals surface area contributed by atoms with Gasteiger partial charge >= 0.3 is 12.0 Å². The molecule has 1 aromatic rings. The monoisotopic (exact) mass is 289 g/mol. The lowest BCUT2D eigenvalue weighted by Crippen LogP contribution is -2.48. The molecule has 1 aromatic heterocycles. The molecule has 2 unspecified atom stereocenters. The fraction of sp³-hybridized carbons (Fsp3) is 0.533. The van der Waals surface area contributed by atoms with Crippen LogP contribution in [0.5, 0.6) is 0 Å². The summed E-state index contributed by atoms with van der Waals surface area (Å²) in [5, 5.41) is 11.6. The first-order valence-corrected chi connectivity index (χ1v) is 7.42. The normalized spacial score (nSPS) is 24.5. The lowest BCUT2D eigenvalue weighted by molar-refractivity contribution is 0.0690. The molecule has 2 N–H and O–H groups in total. The van der Waals surface area contributed by atoms with E-state index in [0.717, 1.165) is 19.4 Å². The predicted octanol–water partition coefficient (Wildman–Crippen LogP) is 2.58. The highest BCUT2D eigenvalue weighted by molar-refractivity contribution is 5.90. The highest BCUT2D eigenvalue weighted by Crippen LogP contribution is 2.36. The van der Waals surface area contributed by atoms with Crippen LogP contribution in [0, 0.1) is 5.92 Å². The van der Waals surface area contributed by atoms with Gasteiger partial charge in [0.15, 0.2) is 0 Å². The van der Waals surface area contributed by atoms with Crippen molar-refractivity contribution in [3.8, 4) is 0 Å². The molecule has 1 aliphatic heterocycles. The molecule has 3 rings (SSSR count). The number of piperidine rings is 1. The lowest BCUT2D eigenvalue weighted by atomic mass is 9.92. The zero-order valence-electron chi connectivity index (χ0n) is 11.8. The van der Waals surface area contributed by atoms with Crippen LogP contribution in [0.15, 0.2) is 18.3 Å². The molecule has 21 heavy (non-hydrogen) atoms. The van der Waals surface area contributed by atoms with E-state index >= 15 is 0 Å². The van der Waals surface area contributed by atoms with Gasteiger partial charge in [-0.2, -0.15) is 0 Å². The number of urea groups is 1. The van der Waals surface area contributed by atoms with Gasteiger partial charge in [0.1, 0.15) is 5.69 Å². The van der Waals surface area contributed by atoms with Crippen molar-refractivity contribution in [3.63, 3.8) is 0 Å². The number of rotatable bonds is 2. The van der Waals surface area contributed by atoms with Crippen LogP contribution in [0.4, 0.5) is 10.5 Å². The Kier molecular flexibility index (Phi) is 3.77. The van der Waals surface area contributed by atoms with Crippen LogP contribution < -0.4 is 5.32 Å². The minimum Gasteiger partial charge on any atom is -0.477 e. The number of hydrogen-bond donors (Lipinski definition) is 2. The summed E-state index contributed by atoms with van der Waals surface area (Å²) in [5.41, 5.74) is 0.506. The second kappa shape index (κ2) is 5.71. The lowest BCUT2D eigenvalue weighted by Gasteiger charge is -2.37. The average molecular weight is 289 g/mol. The second-order valence-corrected chi connectivity index (χ2v) is 5.76. The first-order valence-electron chi connectivity index (χ1n) is 7.42. The highest BCUT2D eigenvalue weighted by Gasteiger charge is 2.37. The number of carbonyl (C=O) groups excluding carboxylic acids is 1. The Morgan fingerprint density at radius 1 is 1.24 bits per heavy atom. The number of nitrogens with one attached hydrogen (secondary N) is 1. The van der Waals surface area contributed by atoms with Gasteiger partial charge in [-0.05, 0) is 43.7 Å². The van der Waals surface area contributed by atoms with Crippen LogP contribution in [0.25, 0.3) is 0 Å². The van der Waals surface area contributed by atoms with E-state index in [1.54, 1.807) is 6.07 Å². The van der Waals surface area contributed by atoms with Gasteiger partial charge in [0, 0.05) is 12.6 Å². The maximum Gasteiger partial charge on any atom is 0.354 e. The van der Waals surface area contributed by atoms with Gasteiger partial charge in [-0.1, -0.05) is 6.42 Å². The van der Waals surface area contributed by atoms with Gasteiger partial charge in [0.2, 0.25) is 0 Å². The van der Waals surface area contributed by atoms with Crippen LogP contribution in [-0.2, 0) is 0 Å². The molecule has 0 radical (unpaired) electrons. The zero-order valence-corrected chi connectivity index (χ0v) is 11.8. The van der Waals surface area contributed by atoms with E-state index in [-0.39, 0.29) is 11.7 Å². The summed E-state index contributed by atoms with van der Waals surface area (Å²) < 4.78 is 0. The number of carbonyl (C=O) groups is 2. The van der Waals surface area contributed by atoms with Crippen LogP contribution in [0.2, 0.25) is 0 Å². The summed E-state index contributed by atoms with van der Waals surface area (Å²) in [6.07, 6.45) is 7.19. The molecule has 0 aromatic carbocycles. The molecule has 0 spiro atoms. The largest absolute Gasteiger partial charge is 0.477 e. The number of pyridine rings is 1. The second-order valence-electron chi connectivity index (χ2n) is 5.76. The number of carboxylic acid groups (broad SMARTS) is 1. The van der Waals surface area contributed by atoms with Gasteiger partial charge < -0.3 is 15.3 Å². The van der Waals surface area contributed by atoms with E-state index in [2.05, 4.69) is 10.3 Å². The fourth-order valence-corrected chi connectivity index (χ4v) is 3.50. The van der Waals surface area contributed by atoms with E-state index in [1.165, 1.54) is 31.5 Å². The van der Waals surface area contributed by atoms with Gasteiger partial charge in [-0.15, -0.1) is 0 Å². The number of amides is 2. The third-order valence-corrected chi connectivity index (χ3v) is 4.49. The van der Waals surface area contributed by atoms with Gasteiger partial charge in [-0.25, -0.2) is 14.6 Å². The van der Waals surface area contributed by atoms with Gasteiger partial charge in [0.05, 0.1) is 11.9 Å². The van der Waals surface area contributed by atoms with Gasteiger partial charge in [0.25, 0.3) is 0 Å².